The van der Waals surface area contributed by atoms with E-state index in [0.29, 0.717) is 33.9 Å². The second kappa shape index (κ2) is 9.93. The number of nitrogens with zero attached hydrogens (tertiary/aromatic N) is 2. The van der Waals surface area contributed by atoms with Crippen LogP contribution in [-0.4, -0.2) is 31.9 Å². The molecule has 1 amide bonds. The highest BCUT2D eigenvalue weighted by molar-refractivity contribution is 6.05. The summed E-state index contributed by atoms with van der Waals surface area (Å²) in [4.78, 5) is 36.5. The molecule has 5 aromatic rings. The van der Waals surface area contributed by atoms with Crippen LogP contribution < -0.4 is 10.6 Å². The maximum absolute atomic E-state index is 13.1. The highest BCUT2D eigenvalue weighted by Gasteiger charge is 2.30. The Morgan fingerprint density at radius 1 is 0.923 bits per heavy atom. The van der Waals surface area contributed by atoms with E-state index < -0.39 is 23.6 Å². The number of rotatable bonds is 6. The Hall–Kier alpha value is -5.19. The molecule has 4 N–H and O–H groups in total. The van der Waals surface area contributed by atoms with Gasteiger partial charge >= 0.3 is 12.1 Å². The Morgan fingerprint density at radius 2 is 1.72 bits per heavy atom. The molecule has 0 atom stereocenters. The van der Waals surface area contributed by atoms with Gasteiger partial charge in [0.05, 0.1) is 16.6 Å². The van der Waals surface area contributed by atoms with Gasteiger partial charge < -0.3 is 20.7 Å². The lowest BCUT2D eigenvalue weighted by Crippen LogP contribution is -2.13. The molecular formula is C28H20F3N5O3. The summed E-state index contributed by atoms with van der Waals surface area (Å²) in [6.07, 6.45) is -2.84. The van der Waals surface area contributed by atoms with Crippen LogP contribution in [0, 0.1) is 6.92 Å². The number of halogens is 3. The predicted octanol–water partition coefficient (Wildman–Crippen LogP) is 6.65. The van der Waals surface area contributed by atoms with Crippen molar-refractivity contribution in [1.29, 1.82) is 0 Å². The van der Waals surface area contributed by atoms with Crippen molar-refractivity contribution in [2.45, 2.75) is 13.1 Å². The van der Waals surface area contributed by atoms with Crippen molar-refractivity contribution in [3.8, 4) is 11.4 Å². The second-order valence-electron chi connectivity index (χ2n) is 8.71. The lowest BCUT2D eigenvalue weighted by molar-refractivity contribution is -0.137. The minimum absolute atomic E-state index is 0.0158. The molecule has 0 unspecified atom stereocenters. The molecule has 5 rings (SSSR count). The van der Waals surface area contributed by atoms with Crippen molar-refractivity contribution in [3.05, 3.63) is 101 Å². The number of hydrogen-bond acceptors (Lipinski definition) is 5. The fraction of sp³-hybridized carbons (Fsp3) is 0.0714. The SMILES string of the molecule is Cc1ccc(C(=O)Nc2cccc(C(F)(F)F)c2)cc1Nc1nc(-c2cccc(C(=O)O)c2)nc2cc[nH]c12. The molecule has 0 aliphatic heterocycles. The lowest BCUT2D eigenvalue weighted by Gasteiger charge is -2.14. The number of carbonyl (C=O) groups excluding carboxylic acids is 1. The molecular weight excluding hydrogens is 511 g/mol. The zero-order chi connectivity index (χ0) is 27.7. The number of benzene rings is 3. The number of aromatic amines is 1. The van der Waals surface area contributed by atoms with Crippen LogP contribution in [0.3, 0.4) is 0 Å². The minimum atomic E-state index is -4.53. The van der Waals surface area contributed by atoms with Crippen molar-refractivity contribution < 1.29 is 27.9 Å². The molecule has 0 aliphatic carbocycles. The fourth-order valence-electron chi connectivity index (χ4n) is 3.96. The predicted molar refractivity (Wildman–Crippen MR) is 140 cm³/mol. The highest BCUT2D eigenvalue weighted by atomic mass is 19.4. The zero-order valence-electron chi connectivity index (χ0n) is 20.3. The number of alkyl halides is 3. The van der Waals surface area contributed by atoms with E-state index in [4.69, 9.17) is 0 Å². The molecule has 196 valence electrons. The maximum Gasteiger partial charge on any atom is 0.416 e. The zero-order valence-corrected chi connectivity index (χ0v) is 20.3. The number of aromatic nitrogens is 3. The molecule has 2 heterocycles. The molecule has 3 aromatic carbocycles. The van der Waals surface area contributed by atoms with Gasteiger partial charge in [-0.2, -0.15) is 13.2 Å². The molecule has 0 radical (unpaired) electrons. The maximum atomic E-state index is 13.1. The van der Waals surface area contributed by atoms with Gasteiger partial charge in [-0.25, -0.2) is 14.8 Å². The summed E-state index contributed by atoms with van der Waals surface area (Å²) in [5, 5.41) is 15.1. The van der Waals surface area contributed by atoms with Crippen LogP contribution in [0.15, 0.2) is 79.0 Å². The van der Waals surface area contributed by atoms with Gasteiger partial charge in [0, 0.05) is 28.7 Å². The Labute approximate surface area is 219 Å². The molecule has 0 aliphatic rings. The topological polar surface area (TPSA) is 120 Å². The molecule has 39 heavy (non-hydrogen) atoms. The Kier molecular flexibility index (Phi) is 6.48. The average molecular weight is 531 g/mol. The summed E-state index contributed by atoms with van der Waals surface area (Å²) >= 11 is 0. The number of amides is 1. The standard InChI is InChI=1S/C28H20F3N5O3/c1-15-8-9-17(26(37)33-20-7-3-6-19(14-20)28(29,30)31)13-22(15)35-25-23-21(10-11-32-23)34-24(36-25)16-4-2-5-18(12-16)27(38)39/h2-14,32H,1H3,(H,33,37)(H,38,39)(H,34,35,36). The van der Waals surface area contributed by atoms with E-state index in [1.165, 1.54) is 24.3 Å². The fourth-order valence-corrected chi connectivity index (χ4v) is 3.96. The molecule has 0 saturated carbocycles. The third-order valence-corrected chi connectivity index (χ3v) is 5.97. The van der Waals surface area contributed by atoms with E-state index in [-0.39, 0.29) is 16.8 Å². The van der Waals surface area contributed by atoms with Crippen molar-refractivity contribution in [2.75, 3.05) is 10.6 Å². The first-order valence-electron chi connectivity index (χ1n) is 11.6. The van der Waals surface area contributed by atoms with E-state index in [1.54, 1.807) is 42.6 Å². The molecule has 0 bridgehead atoms. The summed E-state index contributed by atoms with van der Waals surface area (Å²) in [5.74, 6) is -0.979. The van der Waals surface area contributed by atoms with E-state index >= 15 is 0 Å². The van der Waals surface area contributed by atoms with Gasteiger partial charge in [0.15, 0.2) is 11.6 Å². The van der Waals surface area contributed by atoms with Gasteiger partial charge in [-0.15, -0.1) is 0 Å². The van der Waals surface area contributed by atoms with Crippen molar-refractivity contribution in [1.82, 2.24) is 15.0 Å². The number of hydrogen-bond donors (Lipinski definition) is 4. The van der Waals surface area contributed by atoms with E-state index in [2.05, 4.69) is 25.6 Å². The highest BCUT2D eigenvalue weighted by Crippen LogP contribution is 2.31. The summed E-state index contributed by atoms with van der Waals surface area (Å²) in [6, 6.07) is 17.2. The monoisotopic (exact) mass is 531 g/mol. The number of carboxylic acids is 1. The number of carbonyl (C=O) groups is 2. The minimum Gasteiger partial charge on any atom is -0.478 e. The molecule has 8 nitrogen and oxygen atoms in total. The van der Waals surface area contributed by atoms with E-state index in [1.807, 2.05) is 6.92 Å². The third kappa shape index (κ3) is 5.42. The van der Waals surface area contributed by atoms with Crippen LogP contribution in [0.25, 0.3) is 22.4 Å². The number of aryl methyl sites for hydroxylation is 1. The third-order valence-electron chi connectivity index (χ3n) is 5.97. The van der Waals surface area contributed by atoms with Crippen LogP contribution in [0.5, 0.6) is 0 Å². The first kappa shape index (κ1) is 25.5. The number of aromatic carboxylic acids is 1. The van der Waals surface area contributed by atoms with Crippen molar-refractivity contribution in [2.24, 2.45) is 0 Å². The van der Waals surface area contributed by atoms with E-state index in [0.717, 1.165) is 17.7 Å². The summed E-state index contributed by atoms with van der Waals surface area (Å²) < 4.78 is 39.2. The quantitative estimate of drug-likeness (QED) is 0.195. The smallest absolute Gasteiger partial charge is 0.416 e. The van der Waals surface area contributed by atoms with Crippen LogP contribution >= 0.6 is 0 Å². The molecule has 0 fully saturated rings. The van der Waals surface area contributed by atoms with Gasteiger partial charge in [-0.05, 0) is 61.0 Å². The Bertz CT molecular complexity index is 1730. The molecule has 11 heteroatoms. The number of H-pyrrole nitrogens is 1. The van der Waals surface area contributed by atoms with Gasteiger partial charge in [-0.3, -0.25) is 4.79 Å². The number of anilines is 3. The summed E-state index contributed by atoms with van der Waals surface area (Å²) in [5.41, 5.74) is 2.45. The molecule has 2 aromatic heterocycles. The summed E-state index contributed by atoms with van der Waals surface area (Å²) in [6.45, 7) is 1.82. The second-order valence-corrected chi connectivity index (χ2v) is 8.71. The molecule has 0 saturated heterocycles. The largest absolute Gasteiger partial charge is 0.478 e. The van der Waals surface area contributed by atoms with Gasteiger partial charge in [0.2, 0.25) is 0 Å². The summed E-state index contributed by atoms with van der Waals surface area (Å²) in [7, 11) is 0. The number of carboxylic acid groups (broad SMARTS) is 1. The van der Waals surface area contributed by atoms with Crippen LogP contribution in [0.1, 0.15) is 31.8 Å². The van der Waals surface area contributed by atoms with Crippen molar-refractivity contribution in [3.63, 3.8) is 0 Å². The first-order valence-corrected chi connectivity index (χ1v) is 11.6. The average Bonchev–Trinajstić information content (AvgIpc) is 3.39. The Balaban J connectivity index is 1.46. The molecule has 0 spiro atoms. The van der Waals surface area contributed by atoms with Gasteiger partial charge in [-0.1, -0.05) is 24.3 Å². The first-order chi connectivity index (χ1) is 18.6. The Morgan fingerprint density at radius 3 is 2.49 bits per heavy atom. The van der Waals surface area contributed by atoms with Crippen LogP contribution in [-0.2, 0) is 6.18 Å². The number of nitrogens with one attached hydrogen (secondary N) is 3. The van der Waals surface area contributed by atoms with Crippen LogP contribution in [0.2, 0.25) is 0 Å². The van der Waals surface area contributed by atoms with Gasteiger partial charge in [0.1, 0.15) is 5.52 Å². The van der Waals surface area contributed by atoms with Crippen LogP contribution in [0.4, 0.5) is 30.4 Å². The van der Waals surface area contributed by atoms with Crippen molar-refractivity contribution >= 4 is 40.1 Å². The normalized spacial score (nSPS) is 11.4. The lowest BCUT2D eigenvalue weighted by atomic mass is 10.1. The number of fused-ring (bicyclic) bond motifs is 1. The van der Waals surface area contributed by atoms with E-state index in [9.17, 15) is 27.9 Å². The van der Waals surface area contributed by atoms with Gasteiger partial charge in [0.25, 0.3) is 5.91 Å².